The Balaban J connectivity index is 1.51. The SMILES string of the molecule is O=C(O)c1cccc(Oc2cccc(-c3nn(Cc4ccc(C(F)(F)C(=O)O)cc4)c(=Nc4ccc(Cl)c(Cl)c4)s3)c2)c1. The summed E-state index contributed by atoms with van der Waals surface area (Å²) >= 11 is 13.5. The maximum Gasteiger partial charge on any atom is 0.379 e. The molecule has 0 radical (unpaired) electrons. The van der Waals surface area contributed by atoms with Crippen LogP contribution in [0, 0.1) is 0 Å². The first-order chi connectivity index (χ1) is 20.5. The van der Waals surface area contributed by atoms with Crippen molar-refractivity contribution in [3.8, 4) is 22.1 Å². The highest BCUT2D eigenvalue weighted by Gasteiger charge is 2.40. The Morgan fingerprint density at radius 1 is 0.907 bits per heavy atom. The smallest absolute Gasteiger partial charge is 0.379 e. The van der Waals surface area contributed by atoms with Crippen LogP contribution in [0.25, 0.3) is 10.6 Å². The van der Waals surface area contributed by atoms with Gasteiger partial charge in [-0.3, -0.25) is 0 Å². The second-order valence-corrected chi connectivity index (χ2v) is 10.9. The van der Waals surface area contributed by atoms with Crippen molar-refractivity contribution in [2.75, 3.05) is 0 Å². The van der Waals surface area contributed by atoms with Crippen LogP contribution in [0.2, 0.25) is 10.0 Å². The topological polar surface area (TPSA) is 114 Å². The molecule has 1 heterocycles. The quantitative estimate of drug-likeness (QED) is 0.169. The van der Waals surface area contributed by atoms with Crippen LogP contribution >= 0.6 is 34.5 Å². The molecule has 5 aromatic rings. The monoisotopic (exact) mass is 641 g/mol. The molecule has 1 aromatic heterocycles. The molecule has 8 nitrogen and oxygen atoms in total. The average Bonchev–Trinajstić information content (AvgIpc) is 3.37. The van der Waals surface area contributed by atoms with Crippen molar-refractivity contribution in [2.24, 2.45) is 4.99 Å². The highest BCUT2D eigenvalue weighted by Crippen LogP contribution is 2.31. The van der Waals surface area contributed by atoms with E-state index in [-0.39, 0.29) is 12.1 Å². The zero-order valence-corrected chi connectivity index (χ0v) is 24.1. The maximum absolute atomic E-state index is 13.9. The first-order valence-corrected chi connectivity index (χ1v) is 14.0. The fourth-order valence-electron chi connectivity index (χ4n) is 3.91. The molecule has 4 aromatic carbocycles. The van der Waals surface area contributed by atoms with E-state index in [1.807, 2.05) is 6.07 Å². The maximum atomic E-state index is 13.9. The van der Waals surface area contributed by atoms with Crippen LogP contribution in [-0.2, 0) is 17.3 Å². The van der Waals surface area contributed by atoms with Crippen molar-refractivity contribution in [3.05, 3.63) is 123 Å². The van der Waals surface area contributed by atoms with E-state index >= 15 is 0 Å². The Bertz CT molecular complexity index is 1910. The summed E-state index contributed by atoms with van der Waals surface area (Å²) < 4.78 is 35.3. The van der Waals surface area contributed by atoms with E-state index < -0.39 is 23.4 Å². The molecule has 43 heavy (non-hydrogen) atoms. The van der Waals surface area contributed by atoms with Crippen LogP contribution < -0.4 is 9.54 Å². The van der Waals surface area contributed by atoms with E-state index in [4.69, 9.17) is 38.1 Å². The van der Waals surface area contributed by atoms with E-state index in [0.29, 0.717) is 48.2 Å². The van der Waals surface area contributed by atoms with Gasteiger partial charge in [0.05, 0.1) is 27.8 Å². The van der Waals surface area contributed by atoms with Crippen LogP contribution in [0.15, 0.2) is 96.0 Å². The lowest BCUT2D eigenvalue weighted by Crippen LogP contribution is -2.25. The summed E-state index contributed by atoms with van der Waals surface area (Å²) in [6.45, 7) is 0.133. The average molecular weight is 642 g/mol. The van der Waals surface area contributed by atoms with Crippen molar-refractivity contribution in [3.63, 3.8) is 0 Å². The molecule has 0 spiro atoms. The first kappa shape index (κ1) is 29.9. The van der Waals surface area contributed by atoms with E-state index in [1.54, 1.807) is 53.2 Å². The van der Waals surface area contributed by atoms with Gasteiger partial charge in [-0.05, 0) is 54.1 Å². The molecular formula is C30H19Cl2F2N3O5S. The summed E-state index contributed by atoms with van der Waals surface area (Å²) in [4.78, 5) is 27.4. The summed E-state index contributed by atoms with van der Waals surface area (Å²) in [5, 5.41) is 24.0. The number of ether oxygens (including phenoxy) is 1. The fourth-order valence-corrected chi connectivity index (χ4v) is 5.13. The molecule has 5 rings (SSSR count). The van der Waals surface area contributed by atoms with Crippen molar-refractivity contribution in [1.82, 2.24) is 9.78 Å². The Labute approximate surface area is 256 Å². The van der Waals surface area contributed by atoms with Crippen LogP contribution in [0.3, 0.4) is 0 Å². The summed E-state index contributed by atoms with van der Waals surface area (Å²) in [6, 6.07) is 22.9. The number of hydrogen-bond acceptors (Lipinski definition) is 6. The molecular weight excluding hydrogens is 623 g/mol. The number of halogens is 4. The highest BCUT2D eigenvalue weighted by molar-refractivity contribution is 7.12. The van der Waals surface area contributed by atoms with Gasteiger partial charge in [-0.2, -0.15) is 13.9 Å². The largest absolute Gasteiger partial charge is 0.478 e. The molecule has 0 amide bonds. The predicted molar refractivity (Wildman–Crippen MR) is 158 cm³/mol. The van der Waals surface area contributed by atoms with Gasteiger partial charge in [0.25, 0.3) is 0 Å². The lowest BCUT2D eigenvalue weighted by molar-refractivity contribution is -0.166. The van der Waals surface area contributed by atoms with Gasteiger partial charge in [0.1, 0.15) is 16.5 Å². The number of aromatic carboxylic acids is 1. The third kappa shape index (κ3) is 6.91. The Morgan fingerprint density at radius 2 is 1.60 bits per heavy atom. The molecule has 0 aliphatic heterocycles. The minimum Gasteiger partial charge on any atom is -0.478 e. The third-order valence-electron chi connectivity index (χ3n) is 6.06. The lowest BCUT2D eigenvalue weighted by atomic mass is 10.1. The van der Waals surface area contributed by atoms with Gasteiger partial charge in [-0.25, -0.2) is 19.3 Å². The van der Waals surface area contributed by atoms with Crippen molar-refractivity contribution >= 4 is 52.2 Å². The van der Waals surface area contributed by atoms with E-state index in [9.17, 15) is 23.5 Å². The summed E-state index contributed by atoms with van der Waals surface area (Å²) in [5.41, 5.74) is 1.21. The number of benzene rings is 4. The number of carboxylic acids is 2. The van der Waals surface area contributed by atoms with Gasteiger partial charge in [0, 0.05) is 11.1 Å². The highest BCUT2D eigenvalue weighted by atomic mass is 35.5. The minimum atomic E-state index is -4.02. The van der Waals surface area contributed by atoms with Crippen molar-refractivity contribution in [2.45, 2.75) is 12.5 Å². The molecule has 13 heteroatoms. The summed E-state index contributed by atoms with van der Waals surface area (Å²) in [7, 11) is 0. The Kier molecular flexibility index (Phi) is 8.58. The van der Waals surface area contributed by atoms with Gasteiger partial charge in [-0.1, -0.05) is 77.0 Å². The number of rotatable bonds is 9. The summed E-state index contributed by atoms with van der Waals surface area (Å²) in [5.74, 6) is -6.54. The van der Waals surface area contributed by atoms with Crippen LogP contribution in [0.1, 0.15) is 21.5 Å². The van der Waals surface area contributed by atoms with Gasteiger partial charge >= 0.3 is 17.9 Å². The van der Waals surface area contributed by atoms with Crippen molar-refractivity contribution < 1.29 is 33.3 Å². The minimum absolute atomic E-state index is 0.0860. The number of alkyl halides is 2. The number of aliphatic carboxylic acids is 1. The number of nitrogens with zero attached hydrogens (tertiary/aromatic N) is 3. The zero-order valence-electron chi connectivity index (χ0n) is 21.7. The number of hydrogen-bond donors (Lipinski definition) is 2. The fraction of sp³-hybridized carbons (Fsp3) is 0.0667. The lowest BCUT2D eigenvalue weighted by Gasteiger charge is -2.12. The molecule has 0 saturated carbocycles. The Morgan fingerprint density at radius 3 is 2.28 bits per heavy atom. The molecule has 0 aliphatic carbocycles. The zero-order chi connectivity index (χ0) is 30.7. The molecule has 2 N–H and O–H groups in total. The van der Waals surface area contributed by atoms with Crippen LogP contribution in [0.5, 0.6) is 11.5 Å². The van der Waals surface area contributed by atoms with Gasteiger partial charge in [-0.15, -0.1) is 0 Å². The Hall–Kier alpha value is -4.58. The van der Waals surface area contributed by atoms with Crippen molar-refractivity contribution in [1.29, 1.82) is 0 Å². The second kappa shape index (κ2) is 12.3. The van der Waals surface area contributed by atoms with E-state index in [2.05, 4.69) is 4.99 Å². The molecule has 0 fully saturated rings. The summed E-state index contributed by atoms with van der Waals surface area (Å²) in [6.07, 6.45) is 0. The van der Waals surface area contributed by atoms with Gasteiger partial charge in [0.15, 0.2) is 0 Å². The molecule has 0 unspecified atom stereocenters. The second-order valence-electron chi connectivity index (χ2n) is 9.10. The first-order valence-electron chi connectivity index (χ1n) is 12.4. The van der Waals surface area contributed by atoms with Gasteiger partial charge < -0.3 is 14.9 Å². The molecule has 0 bridgehead atoms. The molecule has 0 aliphatic rings. The molecule has 218 valence electrons. The molecule has 0 saturated heterocycles. The van der Waals surface area contributed by atoms with E-state index in [0.717, 1.165) is 12.1 Å². The van der Waals surface area contributed by atoms with E-state index in [1.165, 1.54) is 35.6 Å². The number of carboxylic acid groups (broad SMARTS) is 2. The molecule has 0 atom stereocenters. The standard InChI is InChI=1S/C30H19Cl2F2N3O5S/c31-24-12-11-21(15-25(24)32)35-29-37(16-17-7-9-20(10-8-17)30(33,34)28(40)41)36-26(43-29)18-3-1-5-22(13-18)42-23-6-2-4-19(14-23)27(38)39/h1-15H,16H2,(H,38,39)(H,40,41). The van der Waals surface area contributed by atoms with Gasteiger partial charge in [0.2, 0.25) is 4.80 Å². The number of aromatic nitrogens is 2. The van der Waals surface area contributed by atoms with Crippen LogP contribution in [-0.4, -0.2) is 31.9 Å². The number of carbonyl (C=O) groups is 2. The predicted octanol–water partition coefficient (Wildman–Crippen LogP) is 7.87. The normalized spacial score (nSPS) is 11.9. The third-order valence-corrected chi connectivity index (χ3v) is 7.80. The van der Waals surface area contributed by atoms with Crippen LogP contribution in [0.4, 0.5) is 14.5 Å².